The van der Waals surface area contributed by atoms with E-state index in [9.17, 15) is 9.59 Å². The van der Waals surface area contributed by atoms with Crippen LogP contribution in [0.4, 0.5) is 0 Å². The number of aromatic nitrogens is 2. The molecular weight excluding hydrogens is 286 g/mol. The lowest BCUT2D eigenvalue weighted by Crippen LogP contribution is -2.23. The number of rotatable bonds is 3. The van der Waals surface area contributed by atoms with Crippen LogP contribution in [0, 0.1) is 0 Å². The van der Waals surface area contributed by atoms with Crippen molar-refractivity contribution in [1.82, 2.24) is 15.5 Å². The summed E-state index contributed by atoms with van der Waals surface area (Å²) in [5.41, 5.74) is 0.982. The van der Waals surface area contributed by atoms with Gasteiger partial charge in [-0.25, -0.2) is 0 Å². The average molecular weight is 296 g/mol. The predicted octanol–water partition coefficient (Wildman–Crippen LogP) is 1.40. The van der Waals surface area contributed by atoms with Crippen molar-refractivity contribution in [3.63, 3.8) is 0 Å². The fraction of sp³-hybridized carbons (Fsp3) is 0.0909. The summed E-state index contributed by atoms with van der Waals surface area (Å²) in [5.74, 6) is -0.195. The van der Waals surface area contributed by atoms with Crippen LogP contribution in [0.25, 0.3) is 0 Å². The summed E-state index contributed by atoms with van der Waals surface area (Å²) in [6.45, 7) is 0.277. The van der Waals surface area contributed by atoms with Gasteiger partial charge in [0.15, 0.2) is 0 Å². The van der Waals surface area contributed by atoms with E-state index in [1.165, 1.54) is 6.07 Å². The van der Waals surface area contributed by atoms with Gasteiger partial charge in [-0.05, 0) is 28.1 Å². The van der Waals surface area contributed by atoms with E-state index in [4.69, 9.17) is 0 Å². The molecule has 3 N–H and O–H groups in total. The van der Waals surface area contributed by atoms with Gasteiger partial charge in [0, 0.05) is 10.5 Å². The second kappa shape index (κ2) is 5.01. The molecule has 0 fully saturated rings. The van der Waals surface area contributed by atoms with E-state index in [1.807, 2.05) is 6.07 Å². The molecule has 0 radical (unpaired) electrons. The first-order chi connectivity index (χ1) is 8.16. The minimum absolute atomic E-state index is 0.195. The number of hydrogen-bond acceptors (Lipinski definition) is 2. The van der Waals surface area contributed by atoms with Gasteiger partial charge in [0.2, 0.25) is 0 Å². The Kier molecular flexibility index (Phi) is 3.43. The van der Waals surface area contributed by atoms with Gasteiger partial charge in [-0.15, -0.1) is 0 Å². The molecule has 0 bridgehead atoms. The van der Waals surface area contributed by atoms with Crippen molar-refractivity contribution in [2.45, 2.75) is 6.54 Å². The minimum atomic E-state index is -0.213. The van der Waals surface area contributed by atoms with Crippen molar-refractivity contribution in [1.29, 1.82) is 0 Å². The third-order valence-corrected chi connectivity index (χ3v) is 2.90. The Hall–Kier alpha value is -1.82. The van der Waals surface area contributed by atoms with Crippen LogP contribution >= 0.6 is 15.9 Å². The molecule has 6 heteroatoms. The van der Waals surface area contributed by atoms with Crippen molar-refractivity contribution in [2.75, 3.05) is 0 Å². The van der Waals surface area contributed by atoms with Crippen molar-refractivity contribution < 1.29 is 4.79 Å². The van der Waals surface area contributed by atoms with Gasteiger partial charge < -0.3 is 10.4 Å². The molecule has 17 heavy (non-hydrogen) atoms. The van der Waals surface area contributed by atoms with E-state index in [2.05, 4.69) is 31.4 Å². The molecular formula is C11H10BrN3O2. The molecule has 2 rings (SSSR count). The number of halogens is 1. The largest absolute Gasteiger partial charge is 0.346 e. The summed E-state index contributed by atoms with van der Waals surface area (Å²) < 4.78 is 0.736. The highest BCUT2D eigenvalue weighted by Gasteiger charge is 2.08. The molecule has 2 aromatic rings. The molecule has 0 atom stereocenters. The summed E-state index contributed by atoms with van der Waals surface area (Å²) in [5, 5.41) is 7.78. The topological polar surface area (TPSA) is 77.8 Å². The maximum atomic E-state index is 11.8. The number of amides is 1. The molecule has 1 aromatic carbocycles. The zero-order chi connectivity index (χ0) is 12.3. The monoisotopic (exact) mass is 295 g/mol. The highest BCUT2D eigenvalue weighted by Crippen LogP contribution is 2.15. The number of aromatic amines is 2. The lowest BCUT2D eigenvalue weighted by atomic mass is 10.2. The molecule has 0 spiro atoms. The number of H-pyrrole nitrogens is 2. The highest BCUT2D eigenvalue weighted by atomic mass is 79.9. The molecule has 0 aliphatic carbocycles. The maximum absolute atomic E-state index is 11.8. The number of carbonyl (C=O) groups excluding carboxylic acids is 1. The van der Waals surface area contributed by atoms with Gasteiger partial charge in [0.1, 0.15) is 0 Å². The quantitative estimate of drug-likeness (QED) is 0.800. The van der Waals surface area contributed by atoms with Gasteiger partial charge in [-0.2, -0.15) is 0 Å². The van der Waals surface area contributed by atoms with Gasteiger partial charge >= 0.3 is 0 Å². The molecule has 1 heterocycles. The molecule has 0 aliphatic rings. The van der Waals surface area contributed by atoms with E-state index >= 15 is 0 Å². The van der Waals surface area contributed by atoms with Crippen LogP contribution in [-0.4, -0.2) is 16.1 Å². The van der Waals surface area contributed by atoms with Gasteiger partial charge in [-0.1, -0.05) is 12.1 Å². The molecule has 0 saturated heterocycles. The lowest BCUT2D eigenvalue weighted by Gasteiger charge is -2.05. The van der Waals surface area contributed by atoms with Gasteiger partial charge in [0.25, 0.3) is 11.5 Å². The Morgan fingerprint density at radius 1 is 1.29 bits per heavy atom. The minimum Gasteiger partial charge on any atom is -0.346 e. The van der Waals surface area contributed by atoms with Crippen molar-refractivity contribution in [3.8, 4) is 0 Å². The Balaban J connectivity index is 2.03. The van der Waals surface area contributed by atoms with Crippen LogP contribution in [0.1, 0.15) is 16.1 Å². The van der Waals surface area contributed by atoms with Crippen molar-refractivity contribution in [3.05, 3.63) is 56.4 Å². The SMILES string of the molecule is O=C(NCc1cc(=O)[nH][nH]1)c1ccccc1Br. The zero-order valence-corrected chi connectivity index (χ0v) is 10.4. The number of nitrogens with one attached hydrogen (secondary N) is 3. The second-order valence-electron chi connectivity index (χ2n) is 3.45. The predicted molar refractivity (Wildman–Crippen MR) is 66.7 cm³/mol. The number of hydrogen-bond donors (Lipinski definition) is 3. The second-order valence-corrected chi connectivity index (χ2v) is 4.30. The first-order valence-electron chi connectivity index (χ1n) is 4.96. The Bertz CT molecular complexity index is 588. The third-order valence-electron chi connectivity index (χ3n) is 2.21. The fourth-order valence-electron chi connectivity index (χ4n) is 1.38. The van der Waals surface area contributed by atoms with Gasteiger partial charge in [0.05, 0.1) is 17.8 Å². The zero-order valence-electron chi connectivity index (χ0n) is 8.79. The standard InChI is InChI=1S/C11H10BrN3O2/c12-9-4-2-1-3-8(9)11(17)13-6-7-5-10(16)15-14-7/h1-5H,6H2,(H,13,17)(H2,14,15,16). The van der Waals surface area contributed by atoms with Crippen LogP contribution in [0.3, 0.4) is 0 Å². The molecule has 0 unspecified atom stereocenters. The van der Waals surface area contributed by atoms with Gasteiger partial charge in [-0.3, -0.25) is 14.7 Å². The number of carbonyl (C=O) groups is 1. The molecule has 1 amide bonds. The van der Waals surface area contributed by atoms with Crippen LogP contribution in [0.5, 0.6) is 0 Å². The van der Waals surface area contributed by atoms with Crippen LogP contribution < -0.4 is 10.9 Å². The summed E-state index contributed by atoms with van der Waals surface area (Å²) >= 11 is 3.30. The van der Waals surface area contributed by atoms with Crippen molar-refractivity contribution >= 4 is 21.8 Å². The average Bonchev–Trinajstić information content (AvgIpc) is 2.73. The summed E-state index contributed by atoms with van der Waals surface area (Å²) in [4.78, 5) is 22.7. The van der Waals surface area contributed by atoms with E-state index in [1.54, 1.807) is 18.2 Å². The lowest BCUT2D eigenvalue weighted by molar-refractivity contribution is 0.0949. The summed E-state index contributed by atoms with van der Waals surface area (Å²) in [7, 11) is 0. The molecule has 88 valence electrons. The molecule has 0 aliphatic heterocycles. The van der Waals surface area contributed by atoms with Crippen molar-refractivity contribution in [2.24, 2.45) is 0 Å². The Labute approximate surface area is 105 Å². The van der Waals surface area contributed by atoms with Crippen LogP contribution in [0.2, 0.25) is 0 Å². The van der Waals surface area contributed by atoms with E-state index in [0.717, 1.165) is 4.47 Å². The maximum Gasteiger partial charge on any atom is 0.264 e. The first kappa shape index (κ1) is 11.7. The highest BCUT2D eigenvalue weighted by molar-refractivity contribution is 9.10. The smallest absolute Gasteiger partial charge is 0.264 e. The normalized spacial score (nSPS) is 10.2. The molecule has 0 saturated carbocycles. The van der Waals surface area contributed by atoms with Crippen LogP contribution in [-0.2, 0) is 6.54 Å². The van der Waals surface area contributed by atoms with E-state index in [0.29, 0.717) is 11.3 Å². The third kappa shape index (κ3) is 2.85. The van der Waals surface area contributed by atoms with E-state index < -0.39 is 0 Å². The fourth-order valence-corrected chi connectivity index (χ4v) is 1.85. The summed E-state index contributed by atoms with van der Waals surface area (Å²) in [6.07, 6.45) is 0. The Morgan fingerprint density at radius 3 is 2.71 bits per heavy atom. The summed E-state index contributed by atoms with van der Waals surface area (Å²) in [6, 6.07) is 8.55. The van der Waals surface area contributed by atoms with Crippen LogP contribution in [0.15, 0.2) is 39.6 Å². The Morgan fingerprint density at radius 2 is 2.06 bits per heavy atom. The first-order valence-corrected chi connectivity index (χ1v) is 5.75. The molecule has 5 nitrogen and oxygen atoms in total. The van der Waals surface area contributed by atoms with E-state index in [-0.39, 0.29) is 18.0 Å². The molecule has 1 aromatic heterocycles. The number of benzene rings is 1.